The second-order valence-corrected chi connectivity index (χ2v) is 6.27. The smallest absolute Gasteiger partial charge is 0.203 e. The molecule has 0 saturated carbocycles. The van der Waals surface area contributed by atoms with E-state index < -0.39 is 0 Å². The van der Waals surface area contributed by atoms with E-state index >= 15 is 0 Å². The van der Waals surface area contributed by atoms with Crippen LogP contribution in [-0.2, 0) is 0 Å². The summed E-state index contributed by atoms with van der Waals surface area (Å²) in [6.45, 7) is 7.57. The van der Waals surface area contributed by atoms with E-state index in [0.717, 1.165) is 28.3 Å². The number of rotatable bonds is 4. The van der Waals surface area contributed by atoms with Crippen molar-refractivity contribution in [1.82, 2.24) is 9.72 Å². The maximum atomic E-state index is 12.8. The number of hydrogen-bond donors (Lipinski definition) is 0. The van der Waals surface area contributed by atoms with Crippen molar-refractivity contribution in [2.24, 2.45) is 0 Å². The molecule has 0 N–H and O–H groups in total. The predicted octanol–water partition coefficient (Wildman–Crippen LogP) is 4.49. The van der Waals surface area contributed by atoms with E-state index in [9.17, 15) is 10.1 Å². The van der Waals surface area contributed by atoms with Crippen molar-refractivity contribution >= 4 is 11.9 Å². The maximum absolute atomic E-state index is 12.8. The van der Waals surface area contributed by atoms with E-state index in [1.165, 1.54) is 0 Å². The van der Waals surface area contributed by atoms with Gasteiger partial charge >= 0.3 is 0 Å². The third-order valence-electron chi connectivity index (χ3n) is 4.37. The summed E-state index contributed by atoms with van der Waals surface area (Å²) < 4.78 is 7.10. The third-order valence-corrected chi connectivity index (χ3v) is 4.37. The molecule has 5 nitrogen and oxygen atoms in total. The van der Waals surface area contributed by atoms with Crippen LogP contribution in [0.3, 0.4) is 0 Å². The quantitative estimate of drug-likeness (QED) is 0.397. The van der Waals surface area contributed by atoms with Crippen molar-refractivity contribution in [1.29, 1.82) is 5.26 Å². The van der Waals surface area contributed by atoms with E-state index in [0.29, 0.717) is 11.4 Å². The fraction of sp³-hybridized carbons (Fsp3) is 0.190. The molecule has 0 aliphatic rings. The van der Waals surface area contributed by atoms with Gasteiger partial charge in [0.1, 0.15) is 17.4 Å². The first-order valence-corrected chi connectivity index (χ1v) is 8.27. The molecule has 0 spiro atoms. The standard InChI is InChI=1S/C21H19N3O2/c1-13-7-5-6-8-19(13)21(25)18(12-22)11-17-9-14(2)24(16(17)4)20-10-15(3)26-23-20/h5-11H,1-4H3/b18-11+. The topological polar surface area (TPSA) is 71.8 Å². The summed E-state index contributed by atoms with van der Waals surface area (Å²) in [6.07, 6.45) is 1.64. The van der Waals surface area contributed by atoms with Gasteiger partial charge in [-0.15, -0.1) is 0 Å². The normalized spacial score (nSPS) is 11.4. The maximum Gasteiger partial charge on any atom is 0.203 e. The molecule has 0 radical (unpaired) electrons. The molecule has 3 rings (SSSR count). The number of Topliss-reactive ketones (excluding diaryl/α,β-unsaturated/α-hetero) is 1. The first-order chi connectivity index (χ1) is 12.4. The first-order valence-electron chi connectivity index (χ1n) is 8.27. The van der Waals surface area contributed by atoms with Crippen molar-refractivity contribution < 1.29 is 9.32 Å². The van der Waals surface area contributed by atoms with Crippen LogP contribution in [0.5, 0.6) is 0 Å². The van der Waals surface area contributed by atoms with Gasteiger partial charge in [0.2, 0.25) is 5.78 Å². The molecule has 0 aliphatic heterocycles. The van der Waals surface area contributed by atoms with Crippen molar-refractivity contribution in [2.75, 3.05) is 0 Å². The van der Waals surface area contributed by atoms with Crippen LogP contribution < -0.4 is 0 Å². The van der Waals surface area contributed by atoms with Crippen LogP contribution in [-0.4, -0.2) is 15.5 Å². The Labute approximate surface area is 152 Å². The van der Waals surface area contributed by atoms with Gasteiger partial charge in [0.05, 0.1) is 0 Å². The molecule has 130 valence electrons. The van der Waals surface area contributed by atoms with Gasteiger partial charge < -0.3 is 4.52 Å². The number of ketones is 1. The second-order valence-electron chi connectivity index (χ2n) is 6.27. The van der Waals surface area contributed by atoms with Crippen LogP contribution in [0.2, 0.25) is 0 Å². The summed E-state index contributed by atoms with van der Waals surface area (Å²) >= 11 is 0. The van der Waals surface area contributed by atoms with Crippen molar-refractivity contribution in [2.45, 2.75) is 27.7 Å². The van der Waals surface area contributed by atoms with Gasteiger partial charge in [-0.25, -0.2) is 0 Å². The Kier molecular flexibility index (Phi) is 4.59. The monoisotopic (exact) mass is 345 g/mol. The molecule has 2 aromatic heterocycles. The van der Waals surface area contributed by atoms with Gasteiger partial charge in [-0.05, 0) is 51.0 Å². The van der Waals surface area contributed by atoms with Gasteiger partial charge in [-0.3, -0.25) is 9.36 Å². The molecule has 2 heterocycles. The van der Waals surface area contributed by atoms with E-state index in [-0.39, 0.29) is 11.4 Å². The van der Waals surface area contributed by atoms with Gasteiger partial charge in [0.25, 0.3) is 0 Å². The Morgan fingerprint density at radius 2 is 1.92 bits per heavy atom. The lowest BCUT2D eigenvalue weighted by atomic mass is 9.98. The first kappa shape index (κ1) is 17.4. The molecule has 0 fully saturated rings. The largest absolute Gasteiger partial charge is 0.360 e. The Balaban J connectivity index is 2.05. The van der Waals surface area contributed by atoms with Gasteiger partial charge in [0.15, 0.2) is 5.82 Å². The van der Waals surface area contributed by atoms with Crippen molar-refractivity contribution in [3.63, 3.8) is 0 Å². The molecule has 3 aromatic rings. The lowest BCUT2D eigenvalue weighted by Gasteiger charge is -2.05. The van der Waals surface area contributed by atoms with Crippen LogP contribution in [0.15, 0.2) is 46.5 Å². The summed E-state index contributed by atoms with van der Waals surface area (Å²) in [5.74, 6) is 1.13. The predicted molar refractivity (Wildman–Crippen MR) is 99.1 cm³/mol. The molecule has 0 aliphatic carbocycles. The SMILES string of the molecule is Cc1cc(-n2c(C)cc(/C=C(\C#N)C(=O)c3ccccc3C)c2C)no1. The number of aromatic nitrogens is 2. The van der Waals surface area contributed by atoms with Gasteiger partial charge in [0, 0.05) is 23.0 Å². The average molecular weight is 345 g/mol. The zero-order valence-electron chi connectivity index (χ0n) is 15.2. The molecule has 0 saturated heterocycles. The Morgan fingerprint density at radius 3 is 2.54 bits per heavy atom. The molecule has 0 unspecified atom stereocenters. The van der Waals surface area contributed by atoms with Gasteiger partial charge in [-0.2, -0.15) is 5.26 Å². The molecule has 0 amide bonds. The molecule has 0 bridgehead atoms. The van der Waals surface area contributed by atoms with Crippen LogP contribution in [0.4, 0.5) is 0 Å². The second kappa shape index (κ2) is 6.85. The third kappa shape index (κ3) is 3.09. The zero-order valence-corrected chi connectivity index (χ0v) is 15.2. The number of carbonyl (C=O) groups is 1. The molecule has 5 heteroatoms. The number of benzene rings is 1. The number of nitrogens with zero attached hydrogens (tertiary/aromatic N) is 3. The molecule has 1 aromatic carbocycles. The highest BCUT2D eigenvalue weighted by atomic mass is 16.5. The number of aryl methyl sites for hydroxylation is 3. The number of carbonyl (C=O) groups excluding carboxylic acids is 1. The Hall–Kier alpha value is -3.39. The lowest BCUT2D eigenvalue weighted by Crippen LogP contribution is -2.04. The average Bonchev–Trinajstić information content (AvgIpc) is 3.15. The molecular formula is C21H19N3O2. The fourth-order valence-corrected chi connectivity index (χ4v) is 3.02. The lowest BCUT2D eigenvalue weighted by molar-refractivity contribution is 0.103. The molecule has 0 atom stereocenters. The summed E-state index contributed by atoms with van der Waals surface area (Å²) in [6, 6.07) is 13.1. The van der Waals surface area contributed by atoms with Crippen LogP contribution in [0.25, 0.3) is 11.9 Å². The van der Waals surface area contributed by atoms with E-state index in [1.54, 1.807) is 18.2 Å². The van der Waals surface area contributed by atoms with Crippen LogP contribution in [0.1, 0.15) is 38.6 Å². The summed E-state index contributed by atoms with van der Waals surface area (Å²) in [5, 5.41) is 13.6. The number of nitriles is 1. The zero-order chi connectivity index (χ0) is 18.8. The van der Waals surface area contributed by atoms with Crippen molar-refractivity contribution in [3.8, 4) is 11.9 Å². The Bertz CT molecular complexity index is 1060. The summed E-state index contributed by atoms with van der Waals surface area (Å²) in [7, 11) is 0. The number of hydrogen-bond acceptors (Lipinski definition) is 4. The molecular weight excluding hydrogens is 326 g/mol. The minimum absolute atomic E-state index is 0.107. The molecule has 26 heavy (non-hydrogen) atoms. The summed E-state index contributed by atoms with van der Waals surface area (Å²) in [5.41, 5.74) is 4.14. The minimum atomic E-state index is -0.271. The van der Waals surface area contributed by atoms with E-state index in [4.69, 9.17) is 4.52 Å². The van der Waals surface area contributed by atoms with Crippen molar-refractivity contribution in [3.05, 3.63) is 75.8 Å². The van der Waals surface area contributed by atoms with E-state index in [1.807, 2.05) is 62.6 Å². The highest BCUT2D eigenvalue weighted by Crippen LogP contribution is 2.24. The minimum Gasteiger partial charge on any atom is -0.360 e. The van der Waals surface area contributed by atoms with Crippen LogP contribution in [0, 0.1) is 39.0 Å². The van der Waals surface area contributed by atoms with E-state index in [2.05, 4.69) is 5.16 Å². The van der Waals surface area contributed by atoms with Gasteiger partial charge in [-0.1, -0.05) is 29.4 Å². The Morgan fingerprint density at radius 1 is 1.19 bits per heavy atom. The highest BCUT2D eigenvalue weighted by Gasteiger charge is 2.17. The fourth-order valence-electron chi connectivity index (χ4n) is 3.02. The summed E-state index contributed by atoms with van der Waals surface area (Å²) in [4.78, 5) is 12.8. The number of allylic oxidation sites excluding steroid dienone is 1. The van der Waals surface area contributed by atoms with Crippen LogP contribution >= 0.6 is 0 Å². The highest BCUT2D eigenvalue weighted by molar-refractivity contribution is 6.14.